The van der Waals surface area contributed by atoms with Crippen LogP contribution in [0.4, 0.5) is 5.82 Å². The van der Waals surface area contributed by atoms with E-state index in [0.717, 1.165) is 59.0 Å². The first kappa shape index (κ1) is 37.5. The molecule has 0 saturated carbocycles. The lowest BCUT2D eigenvalue weighted by molar-refractivity contribution is -0.136. The van der Waals surface area contributed by atoms with E-state index in [4.69, 9.17) is 14.2 Å². The summed E-state index contributed by atoms with van der Waals surface area (Å²) < 4.78 is 19.6. The lowest BCUT2D eigenvalue weighted by Gasteiger charge is -2.38. The molecule has 2 aromatic heterocycles. The summed E-state index contributed by atoms with van der Waals surface area (Å²) in [6, 6.07) is 9.74. The first-order valence-electron chi connectivity index (χ1n) is 18.2. The van der Waals surface area contributed by atoms with Crippen molar-refractivity contribution in [2.75, 3.05) is 66.0 Å². The fourth-order valence-electron chi connectivity index (χ4n) is 7.57. The van der Waals surface area contributed by atoms with Gasteiger partial charge in [-0.05, 0) is 55.3 Å². The Balaban J connectivity index is 0.996. The molecule has 2 saturated heterocycles. The standard InChI is InChI=1S/C40H45N7O8/c1-23(22-55-25-7-8-26-28(17-25)40(52)47(39(26)51)32-9-10-36(48)42-37(32)49)46-13-11-45(12-14-46)21-31-33(53-5)15-24(16-34(31)54-6)30-20-44(4)38(50)29-19-41-35(43(2)3)18-27(29)30/h7-8,15-20,23,32H,9-14,21-22H2,1-6H3,(H,42,48,49)/t23-,32?/m0/s1. The highest BCUT2D eigenvalue weighted by atomic mass is 16.5. The van der Waals surface area contributed by atoms with Crippen LogP contribution in [-0.2, 0) is 23.2 Å². The highest BCUT2D eigenvalue weighted by Gasteiger charge is 2.44. The number of pyridine rings is 2. The number of carbonyl (C=O) groups excluding carboxylic acids is 4. The molecule has 15 nitrogen and oxygen atoms in total. The minimum Gasteiger partial charge on any atom is -0.496 e. The molecule has 0 spiro atoms. The number of nitrogens with one attached hydrogen (secondary N) is 1. The van der Waals surface area contributed by atoms with Crippen molar-refractivity contribution in [3.63, 3.8) is 0 Å². The van der Waals surface area contributed by atoms with E-state index in [9.17, 15) is 24.0 Å². The van der Waals surface area contributed by atoms with Crippen LogP contribution in [0.3, 0.4) is 0 Å². The van der Waals surface area contributed by atoms with Crippen LogP contribution in [0.25, 0.3) is 21.9 Å². The molecule has 5 heterocycles. The van der Waals surface area contributed by atoms with E-state index in [0.29, 0.717) is 35.8 Å². The molecule has 55 heavy (non-hydrogen) atoms. The number of rotatable bonds is 11. The van der Waals surface area contributed by atoms with E-state index >= 15 is 0 Å². The number of piperazine rings is 1. The second-order valence-corrected chi connectivity index (χ2v) is 14.4. The van der Waals surface area contributed by atoms with E-state index in [1.165, 1.54) is 0 Å². The van der Waals surface area contributed by atoms with Gasteiger partial charge in [-0.1, -0.05) is 0 Å². The number of aryl methyl sites for hydroxylation is 1. The molecule has 15 heteroatoms. The second kappa shape index (κ2) is 15.1. The van der Waals surface area contributed by atoms with Gasteiger partial charge in [-0.3, -0.25) is 44.0 Å². The van der Waals surface area contributed by atoms with Gasteiger partial charge in [0.2, 0.25) is 11.8 Å². The van der Waals surface area contributed by atoms with Gasteiger partial charge in [0.1, 0.15) is 35.7 Å². The quantitative estimate of drug-likeness (QED) is 0.224. The largest absolute Gasteiger partial charge is 0.496 e. The summed E-state index contributed by atoms with van der Waals surface area (Å²) in [7, 11) is 8.86. The Morgan fingerprint density at radius 2 is 1.58 bits per heavy atom. The van der Waals surface area contributed by atoms with Crippen molar-refractivity contribution < 1.29 is 33.4 Å². The molecule has 2 fully saturated rings. The molecule has 288 valence electrons. The zero-order valence-corrected chi connectivity index (χ0v) is 31.9. The minimum absolute atomic E-state index is 0.0634. The summed E-state index contributed by atoms with van der Waals surface area (Å²) in [5.41, 5.74) is 2.94. The first-order chi connectivity index (χ1) is 26.4. The fraction of sp³-hybridized carbons (Fsp3) is 0.400. The maximum absolute atomic E-state index is 13.2. The van der Waals surface area contributed by atoms with Crippen molar-refractivity contribution in [3.8, 4) is 28.4 Å². The second-order valence-electron chi connectivity index (χ2n) is 14.4. The number of aromatic nitrogens is 2. The number of ether oxygens (including phenoxy) is 3. The SMILES string of the molecule is COc1cc(-c2cn(C)c(=O)c3cnc(N(C)C)cc23)cc(OC)c1CN1CCN([C@@H](C)COc2ccc3c(c2)C(=O)N(C2CCC(=O)NC2=O)C3=O)CC1. The summed E-state index contributed by atoms with van der Waals surface area (Å²) >= 11 is 0. The van der Waals surface area contributed by atoms with E-state index in [1.54, 1.807) is 50.2 Å². The van der Waals surface area contributed by atoms with Crippen LogP contribution < -0.4 is 30.0 Å². The van der Waals surface area contributed by atoms with Gasteiger partial charge in [0.25, 0.3) is 17.4 Å². The molecule has 4 amide bonds. The van der Waals surface area contributed by atoms with E-state index < -0.39 is 29.7 Å². The molecule has 2 aromatic carbocycles. The lowest BCUT2D eigenvalue weighted by Crippen LogP contribution is -2.54. The molecule has 3 aliphatic rings. The molecule has 7 rings (SSSR count). The number of nitrogens with zero attached hydrogens (tertiary/aromatic N) is 6. The Hall–Kier alpha value is -5.80. The summed E-state index contributed by atoms with van der Waals surface area (Å²) in [6.07, 6.45) is 3.63. The van der Waals surface area contributed by atoms with Gasteiger partial charge in [-0.25, -0.2) is 4.98 Å². The van der Waals surface area contributed by atoms with Crippen LogP contribution in [0, 0.1) is 0 Å². The molecule has 3 aliphatic heterocycles. The Bertz CT molecular complexity index is 2240. The summed E-state index contributed by atoms with van der Waals surface area (Å²) in [6.45, 7) is 6.28. The van der Waals surface area contributed by atoms with Gasteiger partial charge in [-0.15, -0.1) is 0 Å². The average molecular weight is 752 g/mol. The van der Waals surface area contributed by atoms with Crippen LogP contribution >= 0.6 is 0 Å². The monoisotopic (exact) mass is 751 g/mol. The van der Waals surface area contributed by atoms with Crippen LogP contribution in [0.5, 0.6) is 17.2 Å². The third-order valence-corrected chi connectivity index (χ3v) is 10.7. The molecule has 1 N–H and O–H groups in total. The number of fused-ring (bicyclic) bond motifs is 2. The minimum atomic E-state index is -1.02. The normalized spacial score (nSPS) is 18.4. The summed E-state index contributed by atoms with van der Waals surface area (Å²) in [4.78, 5) is 75.3. The predicted octanol–water partition coefficient (Wildman–Crippen LogP) is 2.67. The Kier molecular flexibility index (Phi) is 10.3. The molecular weight excluding hydrogens is 706 g/mol. The molecule has 1 unspecified atom stereocenters. The topological polar surface area (TPSA) is 156 Å². The number of anilines is 1. The van der Waals surface area contributed by atoms with Crippen LogP contribution in [0.15, 0.2) is 53.6 Å². The van der Waals surface area contributed by atoms with Gasteiger partial charge in [0.05, 0.1) is 36.3 Å². The highest BCUT2D eigenvalue weighted by molar-refractivity contribution is 6.23. The van der Waals surface area contributed by atoms with Crippen molar-refractivity contribution in [1.82, 2.24) is 29.6 Å². The van der Waals surface area contributed by atoms with Gasteiger partial charge in [-0.2, -0.15) is 0 Å². The number of piperidine rings is 1. The van der Waals surface area contributed by atoms with E-state index in [2.05, 4.69) is 27.0 Å². The molecule has 0 radical (unpaired) electrons. The molecule has 0 bridgehead atoms. The Labute approximate surface area is 318 Å². The highest BCUT2D eigenvalue weighted by Crippen LogP contribution is 2.38. The molecular formula is C40H45N7O8. The van der Waals surface area contributed by atoms with Gasteiger partial charge in [0.15, 0.2) is 0 Å². The number of benzene rings is 2. The van der Waals surface area contributed by atoms with Crippen molar-refractivity contribution >= 4 is 40.2 Å². The van der Waals surface area contributed by atoms with Crippen LogP contribution in [0.2, 0.25) is 0 Å². The number of carbonyl (C=O) groups is 4. The number of hydrogen-bond donors (Lipinski definition) is 1. The number of hydrogen-bond acceptors (Lipinski definition) is 12. The average Bonchev–Trinajstić information content (AvgIpc) is 3.43. The zero-order chi connectivity index (χ0) is 39.1. The summed E-state index contributed by atoms with van der Waals surface area (Å²) in [5.74, 6) is 0.414. The maximum atomic E-state index is 13.2. The van der Waals surface area contributed by atoms with Crippen molar-refractivity contribution in [1.29, 1.82) is 0 Å². The molecule has 2 atom stereocenters. The van der Waals surface area contributed by atoms with Gasteiger partial charge >= 0.3 is 0 Å². The maximum Gasteiger partial charge on any atom is 0.262 e. The molecule has 0 aliphatic carbocycles. The predicted molar refractivity (Wildman–Crippen MR) is 205 cm³/mol. The van der Waals surface area contributed by atoms with E-state index in [-0.39, 0.29) is 35.6 Å². The zero-order valence-electron chi connectivity index (χ0n) is 31.9. The number of methoxy groups -OCH3 is 2. The number of amides is 4. The van der Waals surface area contributed by atoms with Crippen molar-refractivity contribution in [2.45, 2.75) is 38.4 Å². The fourth-order valence-corrected chi connectivity index (χ4v) is 7.57. The first-order valence-corrected chi connectivity index (χ1v) is 18.2. The lowest BCUT2D eigenvalue weighted by atomic mass is 9.98. The van der Waals surface area contributed by atoms with Crippen LogP contribution in [-0.4, -0.2) is 121 Å². The molecule has 4 aromatic rings. The Morgan fingerprint density at radius 1 is 0.891 bits per heavy atom. The third kappa shape index (κ3) is 7.12. The van der Waals surface area contributed by atoms with Gasteiger partial charge in [0, 0.05) is 89.7 Å². The van der Waals surface area contributed by atoms with Crippen LogP contribution in [0.1, 0.15) is 46.0 Å². The smallest absolute Gasteiger partial charge is 0.262 e. The summed E-state index contributed by atoms with van der Waals surface area (Å²) in [5, 5.41) is 3.54. The van der Waals surface area contributed by atoms with E-state index in [1.807, 2.05) is 43.4 Å². The Morgan fingerprint density at radius 3 is 2.24 bits per heavy atom. The van der Waals surface area contributed by atoms with Crippen molar-refractivity contribution in [3.05, 3.63) is 75.8 Å². The van der Waals surface area contributed by atoms with Gasteiger partial charge < -0.3 is 23.7 Å². The third-order valence-electron chi connectivity index (χ3n) is 10.7. The van der Waals surface area contributed by atoms with Crippen molar-refractivity contribution in [2.24, 2.45) is 7.05 Å². The number of imide groups is 2.